The fourth-order valence-electron chi connectivity index (χ4n) is 2.85. The largest absolute Gasteiger partial charge is 0.493 e. The van der Waals surface area contributed by atoms with Gasteiger partial charge in [-0.2, -0.15) is 0 Å². The topological polar surface area (TPSA) is 72.1 Å². The minimum Gasteiger partial charge on any atom is -0.493 e. The van der Waals surface area contributed by atoms with Gasteiger partial charge in [0.15, 0.2) is 17.5 Å². The smallest absolute Gasteiger partial charge is 0.188 e. The third-order valence-electron chi connectivity index (χ3n) is 4.41. The Morgan fingerprint density at radius 1 is 1.07 bits per heavy atom. The highest BCUT2D eigenvalue weighted by atomic mass is 16.5. The van der Waals surface area contributed by atoms with Crippen LogP contribution in [0.15, 0.2) is 53.5 Å². The second-order valence-corrected chi connectivity index (χ2v) is 6.48. The molecule has 6 heteroatoms. The Balaban J connectivity index is 1.88. The van der Waals surface area contributed by atoms with Gasteiger partial charge < -0.3 is 25.4 Å². The van der Waals surface area contributed by atoms with Crippen LogP contribution in [0.25, 0.3) is 0 Å². The fourth-order valence-corrected chi connectivity index (χ4v) is 2.85. The molecule has 0 amide bonds. The van der Waals surface area contributed by atoms with E-state index in [-0.39, 0.29) is 6.04 Å². The van der Waals surface area contributed by atoms with E-state index in [0.29, 0.717) is 19.0 Å². The first-order valence-corrected chi connectivity index (χ1v) is 9.01. The summed E-state index contributed by atoms with van der Waals surface area (Å²) in [5, 5.41) is 3.18. The molecule has 0 saturated heterocycles. The SMILES string of the molecule is COc1ccc(CCNC(N)=NCC(c2ccccc2)N(C)C)cc1OC. The van der Waals surface area contributed by atoms with Gasteiger partial charge in [0, 0.05) is 6.54 Å². The molecule has 0 aliphatic carbocycles. The van der Waals surface area contributed by atoms with Gasteiger partial charge in [0.1, 0.15) is 0 Å². The van der Waals surface area contributed by atoms with Gasteiger partial charge in [-0.25, -0.2) is 0 Å². The molecule has 3 N–H and O–H groups in total. The van der Waals surface area contributed by atoms with E-state index in [2.05, 4.69) is 27.3 Å². The molecule has 0 aliphatic rings. The lowest BCUT2D eigenvalue weighted by Crippen LogP contribution is -2.34. The van der Waals surface area contributed by atoms with Crippen molar-refractivity contribution in [1.82, 2.24) is 10.2 Å². The number of nitrogens with one attached hydrogen (secondary N) is 1. The maximum absolute atomic E-state index is 6.04. The lowest BCUT2D eigenvalue weighted by Gasteiger charge is -2.23. The van der Waals surface area contributed by atoms with Crippen molar-refractivity contribution in [1.29, 1.82) is 0 Å². The van der Waals surface area contributed by atoms with Crippen molar-refractivity contribution in [2.75, 3.05) is 41.4 Å². The summed E-state index contributed by atoms with van der Waals surface area (Å²) in [4.78, 5) is 6.66. The quantitative estimate of drug-likeness (QED) is 0.524. The summed E-state index contributed by atoms with van der Waals surface area (Å²) >= 11 is 0. The van der Waals surface area contributed by atoms with Crippen LogP contribution < -0.4 is 20.5 Å². The van der Waals surface area contributed by atoms with Crippen LogP contribution in [0, 0.1) is 0 Å². The van der Waals surface area contributed by atoms with Crippen LogP contribution in [-0.2, 0) is 6.42 Å². The van der Waals surface area contributed by atoms with Gasteiger partial charge in [0.25, 0.3) is 0 Å². The van der Waals surface area contributed by atoms with Gasteiger partial charge in [-0.15, -0.1) is 0 Å². The van der Waals surface area contributed by atoms with Crippen LogP contribution >= 0.6 is 0 Å². The van der Waals surface area contributed by atoms with Crippen molar-refractivity contribution in [3.63, 3.8) is 0 Å². The number of hydrogen-bond acceptors (Lipinski definition) is 4. The molecule has 0 spiro atoms. The summed E-state index contributed by atoms with van der Waals surface area (Å²) in [5.41, 5.74) is 8.41. The minimum atomic E-state index is 0.192. The predicted octanol–water partition coefficient (Wildman–Crippen LogP) is 2.45. The van der Waals surface area contributed by atoms with Crippen molar-refractivity contribution in [2.45, 2.75) is 12.5 Å². The first kappa shape index (κ1) is 20.6. The molecule has 6 nitrogen and oxygen atoms in total. The van der Waals surface area contributed by atoms with E-state index in [1.54, 1.807) is 14.2 Å². The lowest BCUT2D eigenvalue weighted by molar-refractivity contribution is 0.306. The molecule has 146 valence electrons. The van der Waals surface area contributed by atoms with E-state index in [0.717, 1.165) is 23.5 Å². The van der Waals surface area contributed by atoms with E-state index in [1.165, 1.54) is 5.56 Å². The summed E-state index contributed by atoms with van der Waals surface area (Å²) in [6.45, 7) is 1.30. The second kappa shape index (κ2) is 10.4. The van der Waals surface area contributed by atoms with Gasteiger partial charge in [0.05, 0.1) is 26.8 Å². The number of rotatable bonds is 9. The van der Waals surface area contributed by atoms with Crippen molar-refractivity contribution >= 4 is 5.96 Å². The molecule has 0 bridgehead atoms. The van der Waals surface area contributed by atoms with Crippen LogP contribution in [0.2, 0.25) is 0 Å². The van der Waals surface area contributed by atoms with Crippen molar-refractivity contribution in [3.05, 3.63) is 59.7 Å². The summed E-state index contributed by atoms with van der Waals surface area (Å²) in [5.74, 6) is 1.91. The molecular weight excluding hydrogens is 340 g/mol. The number of ether oxygens (including phenoxy) is 2. The van der Waals surface area contributed by atoms with E-state index < -0.39 is 0 Å². The number of nitrogens with two attached hydrogens (primary N) is 1. The van der Waals surface area contributed by atoms with Crippen molar-refractivity contribution in [3.8, 4) is 11.5 Å². The summed E-state index contributed by atoms with van der Waals surface area (Å²) in [7, 11) is 7.37. The molecule has 2 aromatic carbocycles. The average molecular weight is 370 g/mol. The number of nitrogens with zero attached hydrogens (tertiary/aromatic N) is 2. The van der Waals surface area contributed by atoms with Crippen molar-refractivity contribution in [2.24, 2.45) is 10.7 Å². The third-order valence-corrected chi connectivity index (χ3v) is 4.41. The normalized spacial score (nSPS) is 12.7. The molecule has 2 rings (SSSR count). The Bertz CT molecular complexity index is 732. The van der Waals surface area contributed by atoms with Gasteiger partial charge >= 0.3 is 0 Å². The Hall–Kier alpha value is -2.73. The Morgan fingerprint density at radius 3 is 2.41 bits per heavy atom. The van der Waals surface area contributed by atoms with Gasteiger partial charge in [0.2, 0.25) is 0 Å². The maximum Gasteiger partial charge on any atom is 0.188 e. The Labute approximate surface area is 162 Å². The molecule has 0 heterocycles. The summed E-state index contributed by atoms with van der Waals surface area (Å²) in [6.07, 6.45) is 0.812. The highest BCUT2D eigenvalue weighted by Gasteiger charge is 2.13. The molecule has 0 aromatic heterocycles. The predicted molar refractivity (Wildman–Crippen MR) is 111 cm³/mol. The second-order valence-electron chi connectivity index (χ2n) is 6.48. The zero-order valence-electron chi connectivity index (χ0n) is 16.6. The molecule has 2 aromatic rings. The molecule has 1 atom stereocenters. The zero-order chi connectivity index (χ0) is 19.6. The molecule has 27 heavy (non-hydrogen) atoms. The van der Waals surface area contributed by atoms with Crippen LogP contribution in [0.4, 0.5) is 0 Å². The highest BCUT2D eigenvalue weighted by Crippen LogP contribution is 2.27. The van der Waals surface area contributed by atoms with E-state index in [9.17, 15) is 0 Å². The van der Waals surface area contributed by atoms with E-state index in [1.807, 2.05) is 50.5 Å². The summed E-state index contributed by atoms with van der Waals surface area (Å²) < 4.78 is 10.6. The molecule has 0 saturated carbocycles. The number of hydrogen-bond donors (Lipinski definition) is 2. The number of methoxy groups -OCH3 is 2. The van der Waals surface area contributed by atoms with Gasteiger partial charge in [-0.05, 0) is 43.8 Å². The van der Waals surface area contributed by atoms with Crippen molar-refractivity contribution < 1.29 is 9.47 Å². The number of guanidine groups is 1. The molecule has 0 aliphatic heterocycles. The highest BCUT2D eigenvalue weighted by molar-refractivity contribution is 5.77. The fraction of sp³-hybridized carbons (Fsp3) is 0.381. The van der Waals surface area contributed by atoms with E-state index in [4.69, 9.17) is 15.2 Å². The first-order chi connectivity index (χ1) is 13.0. The van der Waals surface area contributed by atoms with Gasteiger partial charge in [-0.3, -0.25) is 4.99 Å². The van der Waals surface area contributed by atoms with Gasteiger partial charge in [-0.1, -0.05) is 36.4 Å². The minimum absolute atomic E-state index is 0.192. The van der Waals surface area contributed by atoms with Crippen LogP contribution in [0.5, 0.6) is 11.5 Å². The van der Waals surface area contributed by atoms with E-state index >= 15 is 0 Å². The summed E-state index contributed by atoms with van der Waals surface area (Å²) in [6, 6.07) is 16.4. The van der Waals surface area contributed by atoms with Crippen LogP contribution in [0.3, 0.4) is 0 Å². The molecule has 0 radical (unpaired) electrons. The maximum atomic E-state index is 6.04. The molecule has 1 unspecified atom stereocenters. The van der Waals surface area contributed by atoms with Crippen LogP contribution in [0.1, 0.15) is 17.2 Å². The third kappa shape index (κ3) is 6.18. The zero-order valence-corrected chi connectivity index (χ0v) is 16.6. The number of aliphatic imine (C=N–C) groups is 1. The lowest BCUT2D eigenvalue weighted by atomic mass is 10.1. The van der Waals surface area contributed by atoms with Crippen LogP contribution in [-0.4, -0.2) is 52.3 Å². The Morgan fingerprint density at radius 2 is 1.78 bits per heavy atom. The number of likely N-dealkylation sites (N-methyl/N-ethyl adjacent to an activating group) is 1. The molecule has 0 fully saturated rings. The molecular formula is C21H30N4O2. The monoisotopic (exact) mass is 370 g/mol. The average Bonchev–Trinajstić information content (AvgIpc) is 2.68. The first-order valence-electron chi connectivity index (χ1n) is 9.01. The number of benzene rings is 2. The standard InChI is InChI=1S/C21H30N4O2/c1-25(2)18(17-8-6-5-7-9-17)15-24-21(22)23-13-12-16-10-11-19(26-3)20(14-16)27-4/h5-11,14,18H,12-13,15H2,1-4H3,(H3,22,23,24). The Kier molecular flexibility index (Phi) is 7.95.